The van der Waals surface area contributed by atoms with Crippen LogP contribution in [0.2, 0.25) is 0 Å². The lowest BCUT2D eigenvalue weighted by Crippen LogP contribution is -2.08. The summed E-state index contributed by atoms with van der Waals surface area (Å²) in [5.41, 5.74) is 4.84. The smallest absolute Gasteiger partial charge is 0.0726 e. The summed E-state index contributed by atoms with van der Waals surface area (Å²) in [5.74, 6) is 0.487. The third-order valence-corrected chi connectivity index (χ3v) is 3.25. The first-order valence-corrected chi connectivity index (χ1v) is 6.78. The molecule has 0 bridgehead atoms. The second-order valence-corrected chi connectivity index (χ2v) is 5.08. The molecule has 96 valence electrons. The predicted octanol–water partition coefficient (Wildman–Crippen LogP) is 4.49. The Labute approximate surface area is 109 Å². The molecule has 0 unspecified atom stereocenters. The topological polar surface area (TPSA) is 24.9 Å². The number of anilines is 1. The van der Waals surface area contributed by atoms with Crippen LogP contribution in [-0.4, -0.2) is 11.5 Å². The molecule has 2 aromatic rings. The van der Waals surface area contributed by atoms with Crippen molar-refractivity contribution in [3.63, 3.8) is 0 Å². The van der Waals surface area contributed by atoms with Crippen LogP contribution in [0, 0.1) is 6.92 Å². The van der Waals surface area contributed by atoms with Crippen LogP contribution in [0.25, 0.3) is 10.9 Å². The Morgan fingerprint density at radius 1 is 1.22 bits per heavy atom. The van der Waals surface area contributed by atoms with Crippen molar-refractivity contribution in [2.24, 2.45) is 0 Å². The van der Waals surface area contributed by atoms with Crippen molar-refractivity contribution >= 4 is 16.6 Å². The van der Waals surface area contributed by atoms with Gasteiger partial charge in [0.1, 0.15) is 0 Å². The Morgan fingerprint density at radius 3 is 2.61 bits per heavy atom. The van der Waals surface area contributed by atoms with Crippen molar-refractivity contribution < 1.29 is 0 Å². The van der Waals surface area contributed by atoms with Crippen LogP contribution in [0.5, 0.6) is 0 Å². The van der Waals surface area contributed by atoms with Gasteiger partial charge in [-0.3, -0.25) is 4.98 Å². The maximum Gasteiger partial charge on any atom is 0.0726 e. The molecule has 18 heavy (non-hydrogen) atoms. The predicted molar refractivity (Wildman–Crippen MR) is 79.3 cm³/mol. The third kappa shape index (κ3) is 2.33. The van der Waals surface area contributed by atoms with Gasteiger partial charge in [0, 0.05) is 23.3 Å². The van der Waals surface area contributed by atoms with Crippen molar-refractivity contribution in [2.45, 2.75) is 40.0 Å². The number of hydrogen-bond acceptors (Lipinski definition) is 2. The molecule has 0 aliphatic heterocycles. The summed E-state index contributed by atoms with van der Waals surface area (Å²) in [6.45, 7) is 9.77. The average molecular weight is 242 g/mol. The second kappa shape index (κ2) is 5.38. The molecular weight excluding hydrogens is 220 g/mol. The normalized spacial score (nSPS) is 11.2. The number of aryl methyl sites for hydroxylation is 1. The summed E-state index contributed by atoms with van der Waals surface area (Å²) in [7, 11) is 0. The van der Waals surface area contributed by atoms with Crippen molar-refractivity contribution in [1.29, 1.82) is 0 Å². The Kier molecular flexibility index (Phi) is 3.85. The molecule has 0 saturated carbocycles. The lowest BCUT2D eigenvalue weighted by Gasteiger charge is -2.19. The number of pyridine rings is 1. The molecule has 0 radical (unpaired) electrons. The molecule has 0 fully saturated rings. The van der Waals surface area contributed by atoms with Gasteiger partial charge in [-0.15, -0.1) is 0 Å². The van der Waals surface area contributed by atoms with Crippen molar-refractivity contribution in [3.8, 4) is 0 Å². The fourth-order valence-electron chi connectivity index (χ4n) is 2.50. The van der Waals surface area contributed by atoms with Gasteiger partial charge in [0.05, 0.1) is 5.52 Å². The van der Waals surface area contributed by atoms with E-state index in [9.17, 15) is 0 Å². The van der Waals surface area contributed by atoms with E-state index in [1.165, 1.54) is 16.6 Å². The van der Waals surface area contributed by atoms with Crippen LogP contribution in [-0.2, 0) is 0 Å². The minimum atomic E-state index is 0.487. The van der Waals surface area contributed by atoms with E-state index in [1.54, 1.807) is 0 Å². The second-order valence-electron chi connectivity index (χ2n) is 5.08. The van der Waals surface area contributed by atoms with Crippen LogP contribution in [0.1, 0.15) is 44.4 Å². The Morgan fingerprint density at radius 2 is 1.94 bits per heavy atom. The highest BCUT2D eigenvalue weighted by molar-refractivity contribution is 5.93. The molecule has 1 aromatic heterocycles. The van der Waals surface area contributed by atoms with Crippen molar-refractivity contribution in [1.82, 2.24) is 4.98 Å². The van der Waals surface area contributed by atoms with E-state index >= 15 is 0 Å². The first-order valence-electron chi connectivity index (χ1n) is 6.78. The van der Waals surface area contributed by atoms with Gasteiger partial charge in [0.15, 0.2) is 0 Å². The number of aromatic nitrogens is 1. The van der Waals surface area contributed by atoms with Crippen LogP contribution >= 0.6 is 0 Å². The maximum atomic E-state index is 4.73. The fraction of sp³-hybridized carbons (Fsp3) is 0.438. The van der Waals surface area contributed by atoms with E-state index < -0.39 is 0 Å². The molecule has 0 aliphatic rings. The lowest BCUT2D eigenvalue weighted by atomic mass is 9.96. The summed E-state index contributed by atoms with van der Waals surface area (Å²) in [4.78, 5) is 4.73. The number of nitrogens with one attached hydrogen (secondary N) is 1. The largest absolute Gasteiger partial charge is 0.384 e. The summed E-state index contributed by atoms with van der Waals surface area (Å²) < 4.78 is 0. The van der Waals surface area contributed by atoms with Gasteiger partial charge < -0.3 is 5.32 Å². The minimum Gasteiger partial charge on any atom is -0.384 e. The van der Waals surface area contributed by atoms with E-state index in [0.29, 0.717) is 5.92 Å². The SMILES string of the molecule is CCCNc1c(C(C)C)c(C)nc2ccccc12. The summed E-state index contributed by atoms with van der Waals surface area (Å²) in [6, 6.07) is 8.38. The van der Waals surface area contributed by atoms with Gasteiger partial charge in [-0.25, -0.2) is 0 Å². The quantitative estimate of drug-likeness (QED) is 0.854. The van der Waals surface area contributed by atoms with Gasteiger partial charge in [-0.05, 0) is 30.9 Å². The molecule has 0 spiro atoms. The van der Waals surface area contributed by atoms with E-state index in [4.69, 9.17) is 4.98 Å². The number of para-hydroxylation sites is 1. The van der Waals surface area contributed by atoms with E-state index in [-0.39, 0.29) is 0 Å². The van der Waals surface area contributed by atoms with Crippen LogP contribution < -0.4 is 5.32 Å². The molecule has 0 amide bonds. The van der Waals surface area contributed by atoms with E-state index in [0.717, 1.165) is 24.2 Å². The number of fused-ring (bicyclic) bond motifs is 1. The molecule has 0 aliphatic carbocycles. The Hall–Kier alpha value is -1.57. The highest BCUT2D eigenvalue weighted by atomic mass is 14.9. The first kappa shape index (κ1) is 12.9. The zero-order chi connectivity index (χ0) is 13.1. The minimum absolute atomic E-state index is 0.487. The highest BCUT2D eigenvalue weighted by Gasteiger charge is 2.14. The monoisotopic (exact) mass is 242 g/mol. The Balaban J connectivity index is 2.68. The van der Waals surface area contributed by atoms with Crippen molar-refractivity contribution in [3.05, 3.63) is 35.5 Å². The first-order chi connectivity index (χ1) is 8.65. The molecule has 0 saturated heterocycles. The maximum absolute atomic E-state index is 4.73. The van der Waals surface area contributed by atoms with Gasteiger partial charge in [0.2, 0.25) is 0 Å². The molecule has 2 heteroatoms. The van der Waals surface area contributed by atoms with Crippen molar-refractivity contribution in [2.75, 3.05) is 11.9 Å². The van der Waals surface area contributed by atoms with Gasteiger partial charge >= 0.3 is 0 Å². The summed E-state index contributed by atoms with van der Waals surface area (Å²) in [5, 5.41) is 4.82. The van der Waals surface area contributed by atoms with Crippen LogP contribution in [0.3, 0.4) is 0 Å². The molecule has 1 heterocycles. The zero-order valence-corrected chi connectivity index (χ0v) is 11.7. The van der Waals surface area contributed by atoms with Gasteiger partial charge in [0.25, 0.3) is 0 Å². The Bertz CT molecular complexity index is 544. The van der Waals surface area contributed by atoms with Crippen LogP contribution in [0.4, 0.5) is 5.69 Å². The number of nitrogens with zero attached hydrogens (tertiary/aromatic N) is 1. The third-order valence-electron chi connectivity index (χ3n) is 3.25. The standard InChI is InChI=1S/C16H22N2/c1-5-10-17-16-13-8-6-7-9-14(13)18-12(4)15(16)11(2)3/h6-9,11H,5,10H2,1-4H3,(H,17,18). The lowest BCUT2D eigenvalue weighted by molar-refractivity contribution is 0.845. The summed E-state index contributed by atoms with van der Waals surface area (Å²) in [6.07, 6.45) is 1.13. The molecule has 2 nitrogen and oxygen atoms in total. The van der Waals surface area contributed by atoms with Gasteiger partial charge in [-0.2, -0.15) is 0 Å². The average Bonchev–Trinajstić information content (AvgIpc) is 2.34. The van der Waals surface area contributed by atoms with Gasteiger partial charge in [-0.1, -0.05) is 39.0 Å². The fourth-order valence-corrected chi connectivity index (χ4v) is 2.50. The van der Waals surface area contributed by atoms with Crippen LogP contribution in [0.15, 0.2) is 24.3 Å². The number of rotatable bonds is 4. The molecule has 1 aromatic carbocycles. The molecule has 2 rings (SSSR count). The molecular formula is C16H22N2. The number of benzene rings is 1. The highest BCUT2D eigenvalue weighted by Crippen LogP contribution is 2.33. The van der Waals surface area contributed by atoms with E-state index in [1.807, 2.05) is 6.07 Å². The zero-order valence-electron chi connectivity index (χ0n) is 11.7. The molecule has 0 atom stereocenters. The molecule has 1 N–H and O–H groups in total. The summed E-state index contributed by atoms with van der Waals surface area (Å²) >= 11 is 0. The number of hydrogen-bond donors (Lipinski definition) is 1. The van der Waals surface area contributed by atoms with E-state index in [2.05, 4.69) is 51.2 Å².